The van der Waals surface area contributed by atoms with Gasteiger partial charge in [0.05, 0.1) is 12.7 Å². The third-order valence-corrected chi connectivity index (χ3v) is 3.23. The molecule has 6 heteroatoms. The highest BCUT2D eigenvalue weighted by molar-refractivity contribution is 5.77. The van der Waals surface area contributed by atoms with Crippen molar-refractivity contribution in [2.75, 3.05) is 26.4 Å². The van der Waals surface area contributed by atoms with Gasteiger partial charge in [-0.2, -0.15) is 0 Å². The Morgan fingerprint density at radius 2 is 1.79 bits per heavy atom. The molecule has 24 heavy (non-hydrogen) atoms. The van der Waals surface area contributed by atoms with Crippen LogP contribution in [-0.4, -0.2) is 37.4 Å². The van der Waals surface area contributed by atoms with Crippen molar-refractivity contribution < 1.29 is 23.8 Å². The van der Waals surface area contributed by atoms with E-state index < -0.39 is 11.9 Å². The molecule has 0 bridgehead atoms. The Morgan fingerprint density at radius 1 is 1.08 bits per heavy atom. The average Bonchev–Trinajstić information content (AvgIpc) is 2.60. The van der Waals surface area contributed by atoms with E-state index in [4.69, 9.17) is 9.47 Å². The van der Waals surface area contributed by atoms with Crippen LogP contribution in [0.15, 0.2) is 54.6 Å². The first-order valence-electron chi connectivity index (χ1n) is 7.61. The van der Waals surface area contributed by atoms with Crippen molar-refractivity contribution in [1.82, 2.24) is 5.32 Å². The molecule has 2 N–H and O–H groups in total. The second kappa shape index (κ2) is 9.64. The lowest BCUT2D eigenvalue weighted by Crippen LogP contribution is -2.32. The molecule has 1 amide bonds. The van der Waals surface area contributed by atoms with E-state index in [1.54, 1.807) is 6.07 Å². The van der Waals surface area contributed by atoms with E-state index in [0.29, 0.717) is 6.61 Å². The predicted octanol–water partition coefficient (Wildman–Crippen LogP) is 2.07. The Hall–Kier alpha value is -2.44. The lowest BCUT2D eigenvalue weighted by molar-refractivity contribution is -0.126. The number of rotatable bonds is 9. The lowest BCUT2D eigenvalue weighted by atomic mass is 10.1. The summed E-state index contributed by atoms with van der Waals surface area (Å²) in [5.41, 5.74) is 0.148. The molecule has 0 saturated heterocycles. The maximum Gasteiger partial charge on any atom is 0.246 e. The van der Waals surface area contributed by atoms with Gasteiger partial charge in [0, 0.05) is 12.1 Å². The van der Waals surface area contributed by atoms with Crippen LogP contribution in [0.2, 0.25) is 0 Å². The van der Waals surface area contributed by atoms with Crippen LogP contribution in [0.1, 0.15) is 11.7 Å². The highest BCUT2D eigenvalue weighted by Gasteiger charge is 2.13. The van der Waals surface area contributed by atoms with Crippen molar-refractivity contribution in [3.63, 3.8) is 0 Å². The fourth-order valence-electron chi connectivity index (χ4n) is 2.02. The minimum absolute atomic E-state index is 0.0797. The minimum Gasteiger partial charge on any atom is -0.491 e. The molecule has 0 aromatic heterocycles. The van der Waals surface area contributed by atoms with Crippen LogP contribution in [0, 0.1) is 5.82 Å². The summed E-state index contributed by atoms with van der Waals surface area (Å²) in [5, 5.41) is 12.4. The van der Waals surface area contributed by atoms with Crippen molar-refractivity contribution in [2.24, 2.45) is 0 Å². The van der Waals surface area contributed by atoms with Crippen LogP contribution in [0.5, 0.6) is 5.75 Å². The smallest absolute Gasteiger partial charge is 0.246 e. The van der Waals surface area contributed by atoms with E-state index in [1.807, 2.05) is 30.3 Å². The van der Waals surface area contributed by atoms with E-state index >= 15 is 0 Å². The molecular weight excluding hydrogens is 313 g/mol. The van der Waals surface area contributed by atoms with Crippen molar-refractivity contribution in [3.05, 3.63) is 66.0 Å². The Labute approximate surface area is 140 Å². The summed E-state index contributed by atoms with van der Waals surface area (Å²) in [6.45, 7) is 0.360. The molecular formula is C18H20FNO4. The number of benzene rings is 2. The van der Waals surface area contributed by atoms with Crippen LogP contribution in [-0.2, 0) is 9.53 Å². The van der Waals surface area contributed by atoms with Crippen molar-refractivity contribution in [2.45, 2.75) is 6.10 Å². The van der Waals surface area contributed by atoms with Gasteiger partial charge in [-0.05, 0) is 18.2 Å². The maximum absolute atomic E-state index is 13.5. The summed E-state index contributed by atoms with van der Waals surface area (Å²) in [5.74, 6) is -0.155. The lowest BCUT2D eigenvalue weighted by Gasteiger charge is -2.13. The van der Waals surface area contributed by atoms with Gasteiger partial charge < -0.3 is 19.9 Å². The average molecular weight is 333 g/mol. The molecule has 0 spiro atoms. The first kappa shape index (κ1) is 17.9. The standard InChI is InChI=1S/C18H20FNO4/c19-16-9-5-4-8-15(16)17(21)12-20-18(22)13-23-10-11-24-14-6-2-1-3-7-14/h1-9,17,21H,10-13H2,(H,20,22)/t17-/m0/s1. The second-order valence-electron chi connectivity index (χ2n) is 5.06. The Kier molecular flexibility index (Phi) is 7.20. The second-order valence-corrected chi connectivity index (χ2v) is 5.06. The third kappa shape index (κ3) is 5.98. The molecule has 0 unspecified atom stereocenters. The van der Waals surface area contributed by atoms with E-state index in [1.165, 1.54) is 18.2 Å². The normalized spacial score (nSPS) is 11.8. The number of aliphatic hydroxyl groups excluding tert-OH is 1. The number of carbonyl (C=O) groups excluding carboxylic acids is 1. The fraction of sp³-hybridized carbons (Fsp3) is 0.278. The van der Waals surface area contributed by atoms with Crippen LogP contribution in [0.4, 0.5) is 4.39 Å². The molecule has 1 atom stereocenters. The minimum atomic E-state index is -1.10. The summed E-state index contributed by atoms with van der Waals surface area (Å²) in [6, 6.07) is 15.2. The molecule has 5 nitrogen and oxygen atoms in total. The molecule has 2 rings (SSSR count). The van der Waals surface area contributed by atoms with Gasteiger partial charge in [-0.3, -0.25) is 4.79 Å². The zero-order chi connectivity index (χ0) is 17.2. The summed E-state index contributed by atoms with van der Waals surface area (Å²) in [6.07, 6.45) is -1.10. The zero-order valence-electron chi connectivity index (χ0n) is 13.2. The van der Waals surface area contributed by atoms with Gasteiger partial charge in [0.2, 0.25) is 5.91 Å². The van der Waals surface area contributed by atoms with Gasteiger partial charge in [0.15, 0.2) is 0 Å². The summed E-state index contributed by atoms with van der Waals surface area (Å²) >= 11 is 0. The Morgan fingerprint density at radius 3 is 2.54 bits per heavy atom. The molecule has 2 aromatic carbocycles. The van der Waals surface area contributed by atoms with Gasteiger partial charge >= 0.3 is 0 Å². The fourth-order valence-corrected chi connectivity index (χ4v) is 2.02. The number of hydrogen-bond donors (Lipinski definition) is 2. The van der Waals surface area contributed by atoms with E-state index in [-0.39, 0.29) is 31.2 Å². The number of para-hydroxylation sites is 1. The quantitative estimate of drug-likeness (QED) is 0.690. The van der Waals surface area contributed by atoms with Gasteiger partial charge in [-0.1, -0.05) is 36.4 Å². The maximum atomic E-state index is 13.5. The SMILES string of the molecule is O=C(COCCOc1ccccc1)NC[C@H](O)c1ccccc1F. The number of nitrogens with one attached hydrogen (secondary N) is 1. The first-order valence-corrected chi connectivity index (χ1v) is 7.61. The summed E-state index contributed by atoms with van der Waals surface area (Å²) in [4.78, 5) is 11.6. The van der Waals surface area contributed by atoms with E-state index in [2.05, 4.69) is 5.32 Å². The topological polar surface area (TPSA) is 67.8 Å². The number of carbonyl (C=O) groups is 1. The molecule has 0 aliphatic heterocycles. The van der Waals surface area contributed by atoms with E-state index in [9.17, 15) is 14.3 Å². The largest absolute Gasteiger partial charge is 0.491 e. The van der Waals surface area contributed by atoms with Gasteiger partial charge in [0.1, 0.15) is 24.8 Å². The van der Waals surface area contributed by atoms with Crippen LogP contribution in [0.3, 0.4) is 0 Å². The summed E-state index contributed by atoms with van der Waals surface area (Å²) < 4.78 is 24.1. The van der Waals surface area contributed by atoms with Gasteiger partial charge in [-0.25, -0.2) is 4.39 Å². The van der Waals surface area contributed by atoms with Crippen LogP contribution < -0.4 is 10.1 Å². The molecule has 2 aromatic rings. The number of hydrogen-bond acceptors (Lipinski definition) is 4. The molecule has 0 fully saturated rings. The Bertz CT molecular complexity index is 636. The third-order valence-electron chi connectivity index (χ3n) is 3.23. The Balaban J connectivity index is 1.59. The molecule has 0 saturated carbocycles. The van der Waals surface area contributed by atoms with Crippen molar-refractivity contribution in [3.8, 4) is 5.75 Å². The van der Waals surface area contributed by atoms with Gasteiger partial charge in [-0.15, -0.1) is 0 Å². The number of aliphatic hydroxyl groups is 1. The van der Waals surface area contributed by atoms with Crippen molar-refractivity contribution >= 4 is 5.91 Å². The van der Waals surface area contributed by atoms with Crippen LogP contribution in [0.25, 0.3) is 0 Å². The van der Waals surface area contributed by atoms with Crippen LogP contribution >= 0.6 is 0 Å². The molecule has 0 aliphatic rings. The highest BCUT2D eigenvalue weighted by atomic mass is 19.1. The molecule has 128 valence electrons. The highest BCUT2D eigenvalue weighted by Crippen LogP contribution is 2.15. The predicted molar refractivity (Wildman–Crippen MR) is 87.1 cm³/mol. The number of halogens is 1. The summed E-state index contributed by atoms with van der Waals surface area (Å²) in [7, 11) is 0. The number of amides is 1. The van der Waals surface area contributed by atoms with Crippen molar-refractivity contribution in [1.29, 1.82) is 0 Å². The first-order chi connectivity index (χ1) is 11.7. The molecule has 0 heterocycles. The van der Waals surface area contributed by atoms with Gasteiger partial charge in [0.25, 0.3) is 0 Å². The molecule has 0 aliphatic carbocycles. The monoisotopic (exact) mass is 333 g/mol. The molecule has 0 radical (unpaired) electrons. The van der Waals surface area contributed by atoms with E-state index in [0.717, 1.165) is 5.75 Å². The number of ether oxygens (including phenoxy) is 2. The zero-order valence-corrected chi connectivity index (χ0v) is 13.2.